The zero-order valence-corrected chi connectivity index (χ0v) is 18.3. The molecular weight excluding hydrogens is 465 g/mol. The Labute approximate surface area is 172 Å². The number of sulfonamides is 1. The Morgan fingerprint density at radius 2 is 1.92 bits per heavy atom. The second kappa shape index (κ2) is 10.7. The summed E-state index contributed by atoms with van der Waals surface area (Å²) in [5.74, 6) is 0.847. The molecule has 144 valence electrons. The van der Waals surface area contributed by atoms with Crippen LogP contribution in [-0.2, 0) is 16.6 Å². The lowest BCUT2D eigenvalue weighted by Gasteiger charge is -2.32. The predicted molar refractivity (Wildman–Crippen MR) is 114 cm³/mol. The number of guanidine groups is 1. The number of aliphatic imine (C=N–C) groups is 1. The monoisotopic (exact) mass is 491 g/mol. The highest BCUT2D eigenvalue weighted by Crippen LogP contribution is 2.14. The van der Waals surface area contributed by atoms with Gasteiger partial charge in [0.1, 0.15) is 0 Å². The molecule has 0 aliphatic carbocycles. The lowest BCUT2D eigenvalue weighted by Crippen LogP contribution is -2.49. The fraction of sp³-hybridized carbons (Fsp3) is 0.529. The van der Waals surface area contributed by atoms with Crippen LogP contribution in [0.25, 0.3) is 0 Å². The third kappa shape index (κ3) is 6.41. The van der Waals surface area contributed by atoms with Crippen molar-refractivity contribution in [3.8, 4) is 6.07 Å². The molecule has 1 heterocycles. The Balaban J connectivity index is 0.00000338. The van der Waals surface area contributed by atoms with E-state index in [9.17, 15) is 8.42 Å². The number of piperidine rings is 1. The van der Waals surface area contributed by atoms with Crippen LogP contribution < -0.4 is 10.6 Å². The number of hydrogen-bond donors (Lipinski definition) is 2. The molecule has 26 heavy (non-hydrogen) atoms. The van der Waals surface area contributed by atoms with Gasteiger partial charge in [-0.3, -0.25) is 4.99 Å². The van der Waals surface area contributed by atoms with Gasteiger partial charge in [-0.15, -0.1) is 24.0 Å². The van der Waals surface area contributed by atoms with Gasteiger partial charge >= 0.3 is 0 Å². The van der Waals surface area contributed by atoms with Crippen LogP contribution in [0.4, 0.5) is 0 Å². The summed E-state index contributed by atoms with van der Waals surface area (Å²) >= 11 is 0. The number of hydrogen-bond acceptors (Lipinski definition) is 4. The summed E-state index contributed by atoms with van der Waals surface area (Å²) in [5, 5.41) is 15.4. The van der Waals surface area contributed by atoms with E-state index in [4.69, 9.17) is 5.26 Å². The van der Waals surface area contributed by atoms with Crippen molar-refractivity contribution in [2.75, 3.05) is 25.9 Å². The predicted octanol–water partition coefficient (Wildman–Crippen LogP) is 1.66. The molecule has 7 nitrogen and oxygen atoms in total. The normalized spacial score (nSPS) is 16.4. The maximum absolute atomic E-state index is 11.9. The number of halogens is 1. The van der Waals surface area contributed by atoms with Crippen molar-refractivity contribution in [1.29, 1.82) is 5.26 Å². The van der Waals surface area contributed by atoms with Gasteiger partial charge in [0.05, 0.1) is 17.4 Å². The fourth-order valence-electron chi connectivity index (χ4n) is 2.73. The van der Waals surface area contributed by atoms with Gasteiger partial charge in [-0.25, -0.2) is 12.7 Å². The molecule has 0 radical (unpaired) electrons. The number of nitrogens with one attached hydrogen (secondary N) is 2. The number of nitriles is 1. The zero-order valence-electron chi connectivity index (χ0n) is 15.1. The van der Waals surface area contributed by atoms with Crippen molar-refractivity contribution < 1.29 is 8.42 Å². The van der Waals surface area contributed by atoms with Gasteiger partial charge in [-0.05, 0) is 37.5 Å². The van der Waals surface area contributed by atoms with E-state index in [-0.39, 0.29) is 35.8 Å². The molecule has 2 rings (SSSR count). The molecule has 0 atom stereocenters. The highest BCUT2D eigenvalue weighted by Gasteiger charge is 2.26. The van der Waals surface area contributed by atoms with Crippen LogP contribution >= 0.6 is 24.0 Å². The van der Waals surface area contributed by atoms with Gasteiger partial charge in [-0.1, -0.05) is 12.1 Å². The SMILES string of the molecule is CCS(=O)(=O)N1CCC(NC(=NC)NCc2ccc(C#N)cc2)CC1.I. The molecule has 1 aliphatic heterocycles. The van der Waals surface area contributed by atoms with Gasteiger partial charge < -0.3 is 10.6 Å². The minimum atomic E-state index is -3.09. The summed E-state index contributed by atoms with van der Waals surface area (Å²) in [6.07, 6.45) is 1.52. The third-order valence-electron chi connectivity index (χ3n) is 4.32. The molecular formula is C17H26IN5O2S. The molecule has 0 saturated carbocycles. The number of rotatable bonds is 5. The summed E-state index contributed by atoms with van der Waals surface area (Å²) in [4.78, 5) is 4.23. The van der Waals surface area contributed by atoms with Crippen LogP contribution in [0.2, 0.25) is 0 Å². The lowest BCUT2D eigenvalue weighted by molar-refractivity contribution is 0.306. The number of nitrogens with zero attached hydrogens (tertiary/aromatic N) is 3. The molecule has 0 spiro atoms. The maximum Gasteiger partial charge on any atom is 0.213 e. The molecule has 9 heteroatoms. The highest BCUT2D eigenvalue weighted by atomic mass is 127. The number of benzene rings is 1. The van der Waals surface area contributed by atoms with E-state index < -0.39 is 10.0 Å². The Bertz CT molecular complexity index is 735. The Kier molecular flexibility index (Phi) is 9.32. The van der Waals surface area contributed by atoms with Crippen molar-refractivity contribution in [1.82, 2.24) is 14.9 Å². The van der Waals surface area contributed by atoms with Crippen molar-refractivity contribution in [2.45, 2.75) is 32.4 Å². The standard InChI is InChI=1S/C17H25N5O2S.HI/c1-3-25(23,24)22-10-8-16(9-11-22)21-17(19-2)20-13-15-6-4-14(12-18)5-7-15;/h4-7,16H,3,8-11,13H2,1-2H3,(H2,19,20,21);1H. The molecule has 1 aromatic rings. The summed E-state index contributed by atoms with van der Waals surface area (Å²) in [5.41, 5.74) is 1.70. The molecule has 1 fully saturated rings. The van der Waals surface area contributed by atoms with Crippen molar-refractivity contribution in [3.63, 3.8) is 0 Å². The van der Waals surface area contributed by atoms with E-state index in [1.807, 2.05) is 12.1 Å². The van der Waals surface area contributed by atoms with Crippen LogP contribution in [0.15, 0.2) is 29.3 Å². The van der Waals surface area contributed by atoms with Crippen molar-refractivity contribution >= 4 is 40.0 Å². The molecule has 1 aliphatic rings. The second-order valence-corrected chi connectivity index (χ2v) is 8.21. The van der Waals surface area contributed by atoms with Crippen LogP contribution in [0, 0.1) is 11.3 Å². The maximum atomic E-state index is 11.9. The van der Waals surface area contributed by atoms with Crippen molar-refractivity contribution in [2.24, 2.45) is 4.99 Å². The van der Waals surface area contributed by atoms with E-state index in [0.29, 0.717) is 31.2 Å². The summed E-state index contributed by atoms with van der Waals surface area (Å²) in [7, 11) is -1.38. The van der Waals surface area contributed by atoms with E-state index >= 15 is 0 Å². The second-order valence-electron chi connectivity index (χ2n) is 5.95. The Morgan fingerprint density at radius 1 is 1.31 bits per heavy atom. The van der Waals surface area contributed by atoms with Crippen molar-refractivity contribution in [3.05, 3.63) is 35.4 Å². The Hall–Kier alpha value is -1.38. The first kappa shape index (κ1) is 22.7. The topological polar surface area (TPSA) is 97.6 Å². The van der Waals surface area contributed by atoms with Gasteiger partial charge in [0.15, 0.2) is 5.96 Å². The first-order chi connectivity index (χ1) is 12.0. The molecule has 1 saturated heterocycles. The van der Waals surface area contributed by atoms with Gasteiger partial charge in [-0.2, -0.15) is 5.26 Å². The molecule has 0 aromatic heterocycles. The minimum Gasteiger partial charge on any atom is -0.354 e. The average Bonchev–Trinajstić information content (AvgIpc) is 2.65. The molecule has 0 amide bonds. The summed E-state index contributed by atoms with van der Waals surface area (Å²) < 4.78 is 25.4. The smallest absolute Gasteiger partial charge is 0.213 e. The van der Waals surface area contributed by atoms with Gasteiger partial charge in [0, 0.05) is 32.7 Å². The van der Waals surface area contributed by atoms with E-state index in [0.717, 1.165) is 18.4 Å². The molecule has 2 N–H and O–H groups in total. The van der Waals surface area contributed by atoms with Gasteiger partial charge in [0.2, 0.25) is 10.0 Å². The van der Waals surface area contributed by atoms with Gasteiger partial charge in [0.25, 0.3) is 0 Å². The van der Waals surface area contributed by atoms with Crippen LogP contribution in [0.5, 0.6) is 0 Å². The average molecular weight is 491 g/mol. The van der Waals surface area contributed by atoms with Crippen LogP contribution in [0.1, 0.15) is 30.9 Å². The van der Waals surface area contributed by atoms with Crippen LogP contribution in [-0.4, -0.2) is 50.6 Å². The quantitative estimate of drug-likeness (QED) is 0.371. The molecule has 1 aromatic carbocycles. The first-order valence-electron chi connectivity index (χ1n) is 8.42. The Morgan fingerprint density at radius 3 is 2.42 bits per heavy atom. The third-order valence-corrected chi connectivity index (χ3v) is 6.20. The van der Waals surface area contributed by atoms with E-state index in [1.54, 1.807) is 30.4 Å². The fourth-order valence-corrected chi connectivity index (χ4v) is 3.86. The minimum absolute atomic E-state index is 0. The largest absolute Gasteiger partial charge is 0.354 e. The van der Waals surface area contributed by atoms with E-state index in [2.05, 4.69) is 21.7 Å². The summed E-state index contributed by atoms with van der Waals surface area (Å²) in [6.45, 7) is 3.37. The molecule has 0 bridgehead atoms. The van der Waals surface area contributed by atoms with Crippen LogP contribution in [0.3, 0.4) is 0 Å². The van der Waals surface area contributed by atoms with E-state index in [1.165, 1.54) is 0 Å². The highest BCUT2D eigenvalue weighted by molar-refractivity contribution is 14.0. The zero-order chi connectivity index (χ0) is 18.3. The summed E-state index contributed by atoms with van der Waals surface area (Å²) in [6, 6.07) is 9.70. The molecule has 0 unspecified atom stereocenters. The first-order valence-corrected chi connectivity index (χ1v) is 10.0. The lowest BCUT2D eigenvalue weighted by atomic mass is 10.1.